The molecule has 0 aromatic heterocycles. The highest BCUT2D eigenvalue weighted by Gasteiger charge is 2.14. The minimum Gasteiger partial charge on any atom is -0.462 e. The molecule has 0 rings (SSSR count). The van der Waals surface area contributed by atoms with Crippen molar-refractivity contribution in [1.29, 1.82) is 0 Å². The lowest BCUT2D eigenvalue weighted by Gasteiger charge is -2.23. The number of hydrogen-bond acceptors (Lipinski definition) is 4. The molecule has 0 aliphatic heterocycles. The highest BCUT2D eigenvalue weighted by Crippen LogP contribution is 2.18. The third kappa shape index (κ3) is 30.6. The summed E-state index contributed by atoms with van der Waals surface area (Å²) in [6.45, 7) is 11.8. The maximum atomic E-state index is 12.7. The van der Waals surface area contributed by atoms with Crippen molar-refractivity contribution in [3.63, 3.8) is 0 Å². The number of hydrogen-bond donors (Lipinski definition) is 0. The van der Waals surface area contributed by atoms with Crippen LogP contribution in [0.1, 0.15) is 188 Å². The van der Waals surface area contributed by atoms with E-state index < -0.39 is 0 Å². The summed E-state index contributed by atoms with van der Waals surface area (Å²) in [5.74, 6) is 0.0575. The normalized spacial score (nSPS) is 11.8. The molecular weight excluding hydrogens is 504 g/mol. The van der Waals surface area contributed by atoms with Crippen molar-refractivity contribution in [3.8, 4) is 0 Å². The summed E-state index contributed by atoms with van der Waals surface area (Å²) < 4.78 is 6.03. The van der Waals surface area contributed by atoms with E-state index in [4.69, 9.17) is 4.74 Å². The molecule has 0 aliphatic rings. The molecule has 0 radical (unpaired) electrons. The predicted octanol–water partition coefficient (Wildman–Crippen LogP) is 11.0. The van der Waals surface area contributed by atoms with Crippen LogP contribution >= 0.6 is 0 Å². The van der Waals surface area contributed by atoms with Gasteiger partial charge in [0.15, 0.2) is 0 Å². The SMILES string of the molecule is CCCCCCCCC(CCCCCCCC)OC(=O)CCCCCCCN(CCCCCCC)CCCN(C)C. The van der Waals surface area contributed by atoms with Crippen LogP contribution < -0.4 is 0 Å². The van der Waals surface area contributed by atoms with Gasteiger partial charge in [0.25, 0.3) is 0 Å². The zero-order valence-corrected chi connectivity index (χ0v) is 29.0. The minimum atomic E-state index is 0.0575. The summed E-state index contributed by atoms with van der Waals surface area (Å²) in [4.78, 5) is 17.7. The second kappa shape index (κ2) is 32.3. The number of carbonyl (C=O) groups excluding carboxylic acids is 1. The first-order valence-electron chi connectivity index (χ1n) is 18.6. The standard InChI is InChI=1S/C37H76N2O2/c1-6-9-12-15-18-23-29-36(30-24-19-16-13-10-7-2)41-37(40)31-25-20-17-22-27-34-39(35-28-32-38(4)5)33-26-21-14-11-8-3/h36H,6-35H2,1-5H3. The lowest BCUT2D eigenvalue weighted by Crippen LogP contribution is -2.29. The van der Waals surface area contributed by atoms with Gasteiger partial charge in [0.2, 0.25) is 0 Å². The van der Waals surface area contributed by atoms with Gasteiger partial charge in [-0.3, -0.25) is 4.79 Å². The number of carbonyl (C=O) groups is 1. The van der Waals surface area contributed by atoms with Gasteiger partial charge in [-0.1, -0.05) is 130 Å². The van der Waals surface area contributed by atoms with Crippen LogP contribution in [0.2, 0.25) is 0 Å². The second-order valence-electron chi connectivity index (χ2n) is 13.2. The van der Waals surface area contributed by atoms with Crippen LogP contribution in [-0.2, 0) is 9.53 Å². The first-order valence-corrected chi connectivity index (χ1v) is 18.6. The first kappa shape index (κ1) is 40.4. The zero-order chi connectivity index (χ0) is 30.2. The van der Waals surface area contributed by atoms with Crippen molar-refractivity contribution in [1.82, 2.24) is 9.80 Å². The van der Waals surface area contributed by atoms with Gasteiger partial charge >= 0.3 is 5.97 Å². The highest BCUT2D eigenvalue weighted by molar-refractivity contribution is 5.69. The molecule has 0 saturated carbocycles. The van der Waals surface area contributed by atoms with E-state index in [1.165, 1.54) is 161 Å². The first-order chi connectivity index (χ1) is 20.0. The van der Waals surface area contributed by atoms with Crippen molar-refractivity contribution in [2.45, 2.75) is 194 Å². The summed E-state index contributed by atoms with van der Waals surface area (Å²) >= 11 is 0. The van der Waals surface area contributed by atoms with Crippen LogP contribution in [0, 0.1) is 0 Å². The monoisotopic (exact) mass is 581 g/mol. The van der Waals surface area contributed by atoms with Crippen LogP contribution in [0.15, 0.2) is 0 Å². The average molecular weight is 581 g/mol. The summed E-state index contributed by atoms with van der Waals surface area (Å²) in [5, 5.41) is 0. The lowest BCUT2D eigenvalue weighted by atomic mass is 10.0. The molecule has 4 heteroatoms. The Balaban J connectivity index is 4.18. The molecule has 0 spiro atoms. The topological polar surface area (TPSA) is 32.8 Å². The fourth-order valence-corrected chi connectivity index (χ4v) is 5.83. The molecule has 4 nitrogen and oxygen atoms in total. The maximum absolute atomic E-state index is 12.7. The van der Waals surface area contributed by atoms with E-state index in [0.717, 1.165) is 25.7 Å². The Hall–Kier alpha value is -0.610. The Morgan fingerprint density at radius 3 is 1.34 bits per heavy atom. The third-order valence-electron chi connectivity index (χ3n) is 8.57. The Morgan fingerprint density at radius 1 is 0.488 bits per heavy atom. The Morgan fingerprint density at radius 2 is 0.878 bits per heavy atom. The quantitative estimate of drug-likeness (QED) is 0.0571. The van der Waals surface area contributed by atoms with Gasteiger partial charge in [-0.2, -0.15) is 0 Å². The molecular formula is C37H76N2O2. The van der Waals surface area contributed by atoms with Crippen molar-refractivity contribution in [3.05, 3.63) is 0 Å². The molecule has 0 saturated heterocycles. The summed E-state index contributed by atoms with van der Waals surface area (Å²) in [5.41, 5.74) is 0. The summed E-state index contributed by atoms with van der Waals surface area (Å²) in [6, 6.07) is 0. The summed E-state index contributed by atoms with van der Waals surface area (Å²) in [6.07, 6.45) is 32.6. The van der Waals surface area contributed by atoms with E-state index in [2.05, 4.69) is 44.7 Å². The van der Waals surface area contributed by atoms with E-state index in [0.29, 0.717) is 6.42 Å². The largest absolute Gasteiger partial charge is 0.462 e. The van der Waals surface area contributed by atoms with Gasteiger partial charge in [0, 0.05) is 6.42 Å². The average Bonchev–Trinajstić information content (AvgIpc) is 2.95. The highest BCUT2D eigenvalue weighted by atomic mass is 16.5. The van der Waals surface area contributed by atoms with E-state index in [1.807, 2.05) is 0 Å². The summed E-state index contributed by atoms with van der Waals surface area (Å²) in [7, 11) is 4.35. The molecule has 0 amide bonds. The van der Waals surface area contributed by atoms with Gasteiger partial charge < -0.3 is 14.5 Å². The molecule has 0 N–H and O–H groups in total. The number of rotatable bonds is 33. The molecule has 0 fully saturated rings. The molecule has 0 aromatic carbocycles. The molecule has 0 atom stereocenters. The molecule has 0 bridgehead atoms. The maximum Gasteiger partial charge on any atom is 0.306 e. The number of unbranched alkanes of at least 4 members (excludes halogenated alkanes) is 18. The van der Waals surface area contributed by atoms with Crippen molar-refractivity contribution in [2.75, 3.05) is 40.3 Å². The van der Waals surface area contributed by atoms with Crippen LogP contribution in [0.5, 0.6) is 0 Å². The van der Waals surface area contributed by atoms with Crippen molar-refractivity contribution >= 4 is 5.97 Å². The fourth-order valence-electron chi connectivity index (χ4n) is 5.83. The third-order valence-corrected chi connectivity index (χ3v) is 8.57. The van der Waals surface area contributed by atoms with Crippen LogP contribution in [-0.4, -0.2) is 62.1 Å². The second-order valence-corrected chi connectivity index (χ2v) is 13.2. The predicted molar refractivity (Wildman–Crippen MR) is 182 cm³/mol. The minimum absolute atomic E-state index is 0.0575. The molecule has 246 valence electrons. The Labute approximate surface area is 259 Å². The number of ether oxygens (including phenoxy) is 1. The smallest absolute Gasteiger partial charge is 0.306 e. The lowest BCUT2D eigenvalue weighted by molar-refractivity contribution is -0.150. The van der Waals surface area contributed by atoms with Gasteiger partial charge in [0.1, 0.15) is 6.10 Å². The van der Waals surface area contributed by atoms with E-state index in [1.54, 1.807) is 0 Å². The Bertz CT molecular complexity index is 509. The van der Waals surface area contributed by atoms with Gasteiger partial charge in [-0.25, -0.2) is 0 Å². The van der Waals surface area contributed by atoms with E-state index in [-0.39, 0.29) is 12.1 Å². The van der Waals surface area contributed by atoms with Crippen molar-refractivity contribution < 1.29 is 9.53 Å². The molecule has 0 unspecified atom stereocenters. The van der Waals surface area contributed by atoms with Crippen LogP contribution in [0.25, 0.3) is 0 Å². The fraction of sp³-hybridized carbons (Fsp3) is 0.973. The van der Waals surface area contributed by atoms with Crippen molar-refractivity contribution in [2.24, 2.45) is 0 Å². The molecule has 0 heterocycles. The number of esters is 1. The van der Waals surface area contributed by atoms with E-state index in [9.17, 15) is 4.79 Å². The zero-order valence-electron chi connectivity index (χ0n) is 29.0. The van der Waals surface area contributed by atoms with Gasteiger partial charge in [-0.05, 0) is 91.6 Å². The van der Waals surface area contributed by atoms with E-state index >= 15 is 0 Å². The Kier molecular flexibility index (Phi) is 31.8. The van der Waals surface area contributed by atoms with Gasteiger partial charge in [0.05, 0.1) is 0 Å². The van der Waals surface area contributed by atoms with Gasteiger partial charge in [-0.15, -0.1) is 0 Å². The van der Waals surface area contributed by atoms with Crippen LogP contribution in [0.3, 0.4) is 0 Å². The van der Waals surface area contributed by atoms with Crippen LogP contribution in [0.4, 0.5) is 0 Å². The molecule has 0 aromatic rings. The number of nitrogens with zero attached hydrogens (tertiary/aromatic N) is 2. The molecule has 0 aliphatic carbocycles. The molecule has 41 heavy (non-hydrogen) atoms.